The van der Waals surface area contributed by atoms with Gasteiger partial charge in [0.25, 0.3) is 0 Å². The molecule has 0 amide bonds. The first-order chi connectivity index (χ1) is 4.00. The van der Waals surface area contributed by atoms with Gasteiger partial charge in [-0.15, -0.1) is 0 Å². The molecule has 0 spiro atoms. The molecule has 0 aliphatic carbocycles. The van der Waals surface area contributed by atoms with Crippen molar-refractivity contribution >= 4 is 45.1 Å². The second-order valence-electron chi connectivity index (χ2n) is 2.55. The van der Waals surface area contributed by atoms with E-state index in [0.29, 0.717) is 0 Å². The number of hydrogen-bond acceptors (Lipinski definition) is 1. The van der Waals surface area contributed by atoms with Crippen molar-refractivity contribution in [1.29, 1.82) is 0 Å². The van der Waals surface area contributed by atoms with Gasteiger partial charge in [0.15, 0.2) is 8.32 Å². The van der Waals surface area contributed by atoms with Crippen molar-refractivity contribution in [3.05, 3.63) is 0 Å². The fourth-order valence-corrected chi connectivity index (χ4v) is 0. The Kier molecular flexibility index (Phi) is 21.2. The van der Waals surface area contributed by atoms with E-state index in [0.717, 1.165) is 0 Å². The third-order valence-electron chi connectivity index (χ3n) is 0. The third-order valence-corrected chi connectivity index (χ3v) is 0. The Balaban J connectivity index is -0.0000000457. The summed E-state index contributed by atoms with van der Waals surface area (Å²) in [5, 5.41) is 0. The van der Waals surface area contributed by atoms with Crippen molar-refractivity contribution in [3.8, 4) is 0 Å². The van der Waals surface area contributed by atoms with Crippen LogP contribution in [0.5, 0.6) is 0 Å². The first-order valence-corrected chi connectivity index (χ1v) is 17.2. The molecule has 0 radical (unpaired) electrons. The van der Waals surface area contributed by atoms with E-state index in [4.69, 9.17) is 41.6 Å². The van der Waals surface area contributed by atoms with Crippen molar-refractivity contribution in [2.24, 2.45) is 0 Å². The Morgan fingerprint density at radius 2 is 1.00 bits per heavy atom. The molecule has 0 heterocycles. The average molecular weight is 455 g/mol. The van der Waals surface area contributed by atoms with E-state index in [9.17, 15) is 0 Å². The summed E-state index contributed by atoms with van der Waals surface area (Å²) in [6, 6.07) is 0. The first kappa shape index (κ1) is 24.3. The van der Waals surface area contributed by atoms with Gasteiger partial charge in [0.2, 0.25) is 0 Å². The molecule has 0 rings (SSSR count). The standard InChI is InChI=1S/C3H10OSi.Cd.4ClH.Nb.H2O/c1-5(2,3)4;;;;;;;/h4H,1-3H3;;4*1H;;1H2/q;;;;;;+4;/p-4. The van der Waals surface area contributed by atoms with Gasteiger partial charge in [-0.05, 0) is 19.6 Å². The average Bonchev–Trinajstić information content (AvgIpc) is 1.12. The molecule has 0 aromatic heterocycles. The Morgan fingerprint density at radius 1 is 1.00 bits per heavy atom. The normalized spacial score (nSPS) is 10.0. The molecule has 12 heavy (non-hydrogen) atoms. The van der Waals surface area contributed by atoms with Gasteiger partial charge in [-0.3, -0.25) is 0 Å². The van der Waals surface area contributed by atoms with Crippen LogP contribution in [0.3, 0.4) is 0 Å². The molecule has 0 aliphatic rings. The van der Waals surface area contributed by atoms with Gasteiger partial charge in [-0.25, -0.2) is 0 Å². The SMILES string of the molecule is C[Si](C)(C)O.O.[Cd].[Cl][Nb]([Cl])([Cl])[Cl]. The number of hydrogen-bond donors (Lipinski definition) is 1. The van der Waals surface area contributed by atoms with Crippen LogP contribution in [0.4, 0.5) is 0 Å². The van der Waals surface area contributed by atoms with Crippen molar-refractivity contribution in [1.82, 2.24) is 0 Å². The minimum absolute atomic E-state index is 0. The van der Waals surface area contributed by atoms with Gasteiger partial charge >= 0.3 is 49.6 Å². The number of halogens is 4. The van der Waals surface area contributed by atoms with Crippen molar-refractivity contribution in [2.45, 2.75) is 19.6 Å². The van der Waals surface area contributed by atoms with Crippen LogP contribution in [0, 0.1) is 0 Å². The van der Waals surface area contributed by atoms with Crippen LogP contribution in [0.25, 0.3) is 0 Å². The summed E-state index contributed by atoms with van der Waals surface area (Å²) in [6.45, 7) is 5.65. The van der Waals surface area contributed by atoms with Gasteiger partial charge in [-0.1, -0.05) is 0 Å². The van der Waals surface area contributed by atoms with E-state index in [2.05, 4.69) is 0 Å². The Bertz CT molecular complexity index is 71.3. The molecule has 0 bridgehead atoms. The zero-order chi connectivity index (χ0) is 9.00. The van der Waals surface area contributed by atoms with Crippen LogP contribution in [-0.2, 0) is 40.1 Å². The van der Waals surface area contributed by atoms with E-state index >= 15 is 0 Å². The summed E-state index contributed by atoms with van der Waals surface area (Å²) < 4.78 is 0. The molecular formula is C3H12CdCl4NbO2Si. The van der Waals surface area contributed by atoms with Crippen LogP contribution in [-0.4, -0.2) is 18.6 Å². The maximum atomic E-state index is 8.66. The molecule has 0 fully saturated rings. The van der Waals surface area contributed by atoms with Crippen molar-refractivity contribution < 1.29 is 50.4 Å². The maximum absolute atomic E-state index is 8.66. The van der Waals surface area contributed by atoms with E-state index in [1.54, 1.807) is 0 Å². The van der Waals surface area contributed by atoms with Gasteiger partial charge in [0, 0.05) is 27.3 Å². The van der Waals surface area contributed by atoms with Crippen LogP contribution in [0.1, 0.15) is 0 Å². The Hall–Kier alpha value is 2.96. The van der Waals surface area contributed by atoms with Gasteiger partial charge in [0.05, 0.1) is 0 Å². The predicted molar refractivity (Wildman–Crippen MR) is 52.6 cm³/mol. The molecule has 0 unspecified atom stereocenters. The molecule has 2 nitrogen and oxygen atoms in total. The van der Waals surface area contributed by atoms with Gasteiger partial charge in [-0.2, -0.15) is 0 Å². The Labute approximate surface area is 113 Å². The second kappa shape index (κ2) is 10.5. The van der Waals surface area contributed by atoms with Crippen LogP contribution in [0.15, 0.2) is 0 Å². The van der Waals surface area contributed by atoms with E-state index < -0.39 is 21.1 Å². The second-order valence-corrected chi connectivity index (χ2v) is 26.9. The molecule has 75 valence electrons. The molecule has 9 heteroatoms. The third kappa shape index (κ3) is 212. The molecule has 0 aromatic rings. The van der Waals surface area contributed by atoms with Crippen molar-refractivity contribution in [3.63, 3.8) is 0 Å². The fourth-order valence-electron chi connectivity index (χ4n) is 0. The zero-order valence-electron chi connectivity index (χ0n) is 7.11. The molecule has 0 atom stereocenters. The van der Waals surface area contributed by atoms with E-state index in [1.165, 1.54) is 0 Å². The Morgan fingerprint density at radius 3 is 1.00 bits per heavy atom. The summed E-state index contributed by atoms with van der Waals surface area (Å²) >= 11 is -3.21. The monoisotopic (exact) mass is 455 g/mol. The quantitative estimate of drug-likeness (QED) is 0.562. The molecule has 0 aliphatic heterocycles. The summed E-state index contributed by atoms with van der Waals surface area (Å²) in [5.74, 6) is 0. The predicted octanol–water partition coefficient (Wildman–Crippen LogP) is 2.74. The fraction of sp³-hybridized carbons (Fsp3) is 1.00. The molecule has 3 N–H and O–H groups in total. The summed E-state index contributed by atoms with van der Waals surface area (Å²) in [4.78, 5) is 8.66. The zero-order valence-corrected chi connectivity index (χ0v) is 17.4. The summed E-state index contributed by atoms with van der Waals surface area (Å²) in [7, 11) is 18.5. The summed E-state index contributed by atoms with van der Waals surface area (Å²) in [5.41, 5.74) is 0. The topological polar surface area (TPSA) is 51.7 Å². The van der Waals surface area contributed by atoms with Crippen LogP contribution in [0.2, 0.25) is 19.6 Å². The van der Waals surface area contributed by atoms with Crippen LogP contribution >= 0.6 is 36.8 Å². The van der Waals surface area contributed by atoms with Crippen molar-refractivity contribution in [2.75, 3.05) is 0 Å². The molecule has 0 saturated carbocycles. The van der Waals surface area contributed by atoms with E-state index in [-0.39, 0.29) is 32.8 Å². The minimum atomic E-state index is -3.21. The van der Waals surface area contributed by atoms with E-state index in [1.807, 2.05) is 19.6 Å². The van der Waals surface area contributed by atoms with Crippen LogP contribution < -0.4 is 0 Å². The number of rotatable bonds is 0. The first-order valence-electron chi connectivity index (χ1n) is 2.40. The molecule has 0 aromatic carbocycles. The molecular weight excluding hydrogens is 443 g/mol. The van der Waals surface area contributed by atoms with Gasteiger partial charge in [0.1, 0.15) is 0 Å². The summed E-state index contributed by atoms with van der Waals surface area (Å²) in [6.07, 6.45) is 0. The van der Waals surface area contributed by atoms with Gasteiger partial charge < -0.3 is 10.3 Å². The molecule has 0 saturated heterocycles.